The minimum atomic E-state index is -0.482. The van der Waals surface area contributed by atoms with Gasteiger partial charge in [-0.05, 0) is 36.8 Å². The number of nitrogens with one attached hydrogen (secondary N) is 1. The Bertz CT molecular complexity index is 1250. The van der Waals surface area contributed by atoms with Crippen LogP contribution in [0.15, 0.2) is 84.3 Å². The molecule has 1 unspecified atom stereocenters. The third-order valence-corrected chi connectivity index (χ3v) is 5.92. The number of hydrogen-bond donors (Lipinski definition) is 1. The van der Waals surface area contributed by atoms with Crippen LogP contribution in [0, 0.1) is 10.1 Å². The minimum Gasteiger partial charge on any atom is -0.325 e. The summed E-state index contributed by atoms with van der Waals surface area (Å²) in [5.41, 5.74) is 2.41. The molecule has 0 aliphatic rings. The molecule has 2 aromatic carbocycles. The molecule has 166 valence electrons. The fourth-order valence-electron chi connectivity index (χ4n) is 3.12. The smallest absolute Gasteiger partial charge is 0.269 e. The van der Waals surface area contributed by atoms with Crippen LogP contribution in [0.4, 0.5) is 11.4 Å². The number of carbonyl (C=O) groups is 1. The van der Waals surface area contributed by atoms with Gasteiger partial charge in [-0.1, -0.05) is 42.1 Å². The van der Waals surface area contributed by atoms with Crippen LogP contribution >= 0.6 is 11.8 Å². The molecule has 0 fully saturated rings. The summed E-state index contributed by atoms with van der Waals surface area (Å²) in [6, 6.07) is 19.4. The van der Waals surface area contributed by atoms with Crippen molar-refractivity contribution < 1.29 is 9.72 Å². The number of benzene rings is 2. The number of nitrogens with zero attached hydrogens (tertiary/aromatic N) is 5. The van der Waals surface area contributed by atoms with Crippen LogP contribution in [0.1, 0.15) is 12.5 Å². The molecule has 33 heavy (non-hydrogen) atoms. The van der Waals surface area contributed by atoms with Gasteiger partial charge in [-0.2, -0.15) is 0 Å². The molecule has 4 aromatic rings. The zero-order chi connectivity index (χ0) is 23.2. The maximum Gasteiger partial charge on any atom is 0.269 e. The van der Waals surface area contributed by atoms with Crippen LogP contribution in [-0.2, 0) is 11.3 Å². The van der Waals surface area contributed by atoms with Crippen molar-refractivity contribution in [1.29, 1.82) is 0 Å². The highest BCUT2D eigenvalue weighted by molar-refractivity contribution is 8.00. The third-order valence-electron chi connectivity index (χ3n) is 4.84. The second-order valence-electron chi connectivity index (χ2n) is 7.17. The monoisotopic (exact) mass is 460 g/mol. The van der Waals surface area contributed by atoms with Crippen molar-refractivity contribution in [3.8, 4) is 11.4 Å². The van der Waals surface area contributed by atoms with Crippen molar-refractivity contribution in [3.05, 3.63) is 94.8 Å². The average Bonchev–Trinajstić information content (AvgIpc) is 3.22. The van der Waals surface area contributed by atoms with Gasteiger partial charge in [0.2, 0.25) is 5.91 Å². The highest BCUT2D eigenvalue weighted by Crippen LogP contribution is 2.28. The molecule has 0 saturated carbocycles. The number of pyridine rings is 1. The van der Waals surface area contributed by atoms with Crippen molar-refractivity contribution in [2.24, 2.45) is 0 Å². The Morgan fingerprint density at radius 3 is 2.42 bits per heavy atom. The number of anilines is 1. The summed E-state index contributed by atoms with van der Waals surface area (Å²) in [7, 11) is 0. The summed E-state index contributed by atoms with van der Waals surface area (Å²) >= 11 is 1.29. The minimum absolute atomic E-state index is 0.0342. The number of rotatable bonds is 8. The molecule has 0 bridgehead atoms. The number of aromatic nitrogens is 4. The van der Waals surface area contributed by atoms with E-state index in [0.29, 0.717) is 23.2 Å². The third kappa shape index (κ3) is 5.42. The second-order valence-corrected chi connectivity index (χ2v) is 8.48. The van der Waals surface area contributed by atoms with Crippen molar-refractivity contribution in [2.45, 2.75) is 23.9 Å². The molecule has 10 heteroatoms. The van der Waals surface area contributed by atoms with Gasteiger partial charge in [0, 0.05) is 35.8 Å². The lowest BCUT2D eigenvalue weighted by molar-refractivity contribution is -0.384. The lowest BCUT2D eigenvalue weighted by Crippen LogP contribution is -2.23. The van der Waals surface area contributed by atoms with Crippen molar-refractivity contribution in [1.82, 2.24) is 19.7 Å². The van der Waals surface area contributed by atoms with Gasteiger partial charge in [-0.15, -0.1) is 10.2 Å². The van der Waals surface area contributed by atoms with Crippen LogP contribution < -0.4 is 5.32 Å². The summed E-state index contributed by atoms with van der Waals surface area (Å²) in [6.45, 7) is 2.32. The van der Waals surface area contributed by atoms with Crippen LogP contribution in [0.3, 0.4) is 0 Å². The summed E-state index contributed by atoms with van der Waals surface area (Å²) in [4.78, 5) is 27.1. The van der Waals surface area contributed by atoms with Gasteiger partial charge in [0.15, 0.2) is 11.0 Å². The zero-order valence-corrected chi connectivity index (χ0v) is 18.5. The average molecular weight is 461 g/mol. The molecule has 2 heterocycles. The predicted molar refractivity (Wildman–Crippen MR) is 126 cm³/mol. The number of thioether (sulfide) groups is 1. The second kappa shape index (κ2) is 10.0. The van der Waals surface area contributed by atoms with Crippen LogP contribution in [0.25, 0.3) is 11.4 Å². The highest BCUT2D eigenvalue weighted by Gasteiger charge is 2.21. The molecule has 1 atom stereocenters. The van der Waals surface area contributed by atoms with Crippen LogP contribution in [-0.4, -0.2) is 35.8 Å². The largest absolute Gasteiger partial charge is 0.325 e. The normalized spacial score (nSPS) is 11.7. The van der Waals surface area contributed by atoms with Gasteiger partial charge in [0.05, 0.1) is 16.7 Å². The van der Waals surface area contributed by atoms with Gasteiger partial charge < -0.3 is 5.32 Å². The van der Waals surface area contributed by atoms with E-state index in [-0.39, 0.29) is 11.6 Å². The first-order valence-electron chi connectivity index (χ1n) is 10.1. The Morgan fingerprint density at radius 1 is 1.06 bits per heavy atom. The fourth-order valence-corrected chi connectivity index (χ4v) is 3.97. The first-order valence-corrected chi connectivity index (χ1v) is 11.0. The summed E-state index contributed by atoms with van der Waals surface area (Å²) in [5, 5.41) is 22.4. The molecular weight excluding hydrogens is 440 g/mol. The van der Waals surface area contributed by atoms with Crippen molar-refractivity contribution in [2.75, 3.05) is 5.32 Å². The molecule has 4 rings (SSSR count). The first-order chi connectivity index (χ1) is 16.0. The van der Waals surface area contributed by atoms with Gasteiger partial charge in [0.1, 0.15) is 0 Å². The number of nitro groups is 1. The topological polar surface area (TPSA) is 116 Å². The number of hydrogen-bond acceptors (Lipinski definition) is 7. The van der Waals surface area contributed by atoms with Crippen LogP contribution in [0.5, 0.6) is 0 Å². The molecule has 0 radical (unpaired) electrons. The highest BCUT2D eigenvalue weighted by atomic mass is 32.2. The lowest BCUT2D eigenvalue weighted by Gasteiger charge is -2.14. The van der Waals surface area contributed by atoms with Crippen molar-refractivity contribution >= 4 is 29.0 Å². The molecule has 0 aliphatic carbocycles. The van der Waals surface area contributed by atoms with Crippen LogP contribution in [0.2, 0.25) is 0 Å². The quantitative estimate of drug-likeness (QED) is 0.235. The Hall–Kier alpha value is -4.05. The predicted octanol–water partition coefficient (Wildman–Crippen LogP) is 4.42. The summed E-state index contributed by atoms with van der Waals surface area (Å²) in [6.07, 6.45) is 3.40. The first kappa shape index (κ1) is 22.2. The van der Waals surface area contributed by atoms with Gasteiger partial charge >= 0.3 is 0 Å². The van der Waals surface area contributed by atoms with E-state index in [9.17, 15) is 14.9 Å². The van der Waals surface area contributed by atoms with Crippen molar-refractivity contribution in [3.63, 3.8) is 0 Å². The van der Waals surface area contributed by atoms with E-state index in [2.05, 4.69) is 20.5 Å². The molecule has 0 saturated heterocycles. The van der Waals surface area contributed by atoms with E-state index >= 15 is 0 Å². The van der Waals surface area contributed by atoms with E-state index in [1.165, 1.54) is 36.0 Å². The van der Waals surface area contributed by atoms with E-state index in [1.54, 1.807) is 19.3 Å². The van der Waals surface area contributed by atoms with E-state index in [4.69, 9.17) is 0 Å². The molecule has 0 aliphatic heterocycles. The standard InChI is InChI=1S/C23H20N6O3S/c1-16(22(30)25-19-7-9-20(10-8-19)29(31)32)33-23-27-26-21(18-11-13-24-14-12-18)28(23)15-17-5-3-2-4-6-17/h2-14,16H,15H2,1H3,(H,25,30). The van der Waals surface area contributed by atoms with Gasteiger partial charge in [0.25, 0.3) is 5.69 Å². The maximum absolute atomic E-state index is 12.8. The lowest BCUT2D eigenvalue weighted by atomic mass is 10.2. The zero-order valence-electron chi connectivity index (χ0n) is 17.7. The number of amides is 1. The van der Waals surface area contributed by atoms with Gasteiger partial charge in [-0.25, -0.2) is 0 Å². The number of carbonyl (C=O) groups excluding carboxylic acids is 1. The van der Waals surface area contributed by atoms with E-state index < -0.39 is 10.2 Å². The number of non-ortho nitro benzene ring substituents is 1. The number of nitro benzene ring substituents is 1. The maximum atomic E-state index is 12.8. The molecule has 2 aromatic heterocycles. The Kier molecular flexibility index (Phi) is 6.75. The Balaban J connectivity index is 1.54. The molecule has 1 N–H and O–H groups in total. The Morgan fingerprint density at radius 2 is 1.76 bits per heavy atom. The summed E-state index contributed by atoms with van der Waals surface area (Å²) < 4.78 is 1.98. The Labute approximate surface area is 194 Å². The van der Waals surface area contributed by atoms with E-state index in [0.717, 1.165) is 11.1 Å². The van der Waals surface area contributed by atoms with Gasteiger partial charge in [-0.3, -0.25) is 24.5 Å². The molecular formula is C23H20N6O3S. The fraction of sp³-hybridized carbons (Fsp3) is 0.130. The SMILES string of the molecule is CC(Sc1nnc(-c2ccncc2)n1Cc1ccccc1)C(=O)Nc1ccc([N+](=O)[O-])cc1. The summed E-state index contributed by atoms with van der Waals surface area (Å²) in [5.74, 6) is 0.445. The molecule has 1 amide bonds. The molecule has 9 nitrogen and oxygen atoms in total. The molecule has 0 spiro atoms. The van der Waals surface area contributed by atoms with E-state index in [1.807, 2.05) is 47.0 Å².